The smallest absolute Gasteiger partial charge is 0.276 e. The van der Waals surface area contributed by atoms with Crippen LogP contribution in [-0.4, -0.2) is 28.9 Å². The Kier molecular flexibility index (Phi) is 5.41. The van der Waals surface area contributed by atoms with Gasteiger partial charge in [0.05, 0.1) is 16.9 Å². The molecule has 1 N–H and O–H groups in total. The lowest BCUT2D eigenvalue weighted by Gasteiger charge is -2.34. The van der Waals surface area contributed by atoms with E-state index in [9.17, 15) is 4.79 Å². The second-order valence-corrected chi connectivity index (χ2v) is 8.25. The molecule has 1 unspecified atom stereocenters. The van der Waals surface area contributed by atoms with Gasteiger partial charge in [-0.15, -0.1) is 5.10 Å². The van der Waals surface area contributed by atoms with E-state index >= 15 is 0 Å². The van der Waals surface area contributed by atoms with Gasteiger partial charge in [0.25, 0.3) is 5.91 Å². The Balaban J connectivity index is 1.88. The van der Waals surface area contributed by atoms with E-state index in [4.69, 9.17) is 14.8 Å². The quantitative estimate of drug-likeness (QED) is 0.764. The number of amides is 1. The van der Waals surface area contributed by atoms with Gasteiger partial charge in [-0.25, -0.2) is 5.01 Å². The summed E-state index contributed by atoms with van der Waals surface area (Å²) in [6, 6.07) is 13.4. The lowest BCUT2D eigenvalue weighted by molar-refractivity contribution is -0.116. The summed E-state index contributed by atoms with van der Waals surface area (Å²) in [5, 5.41) is 11.5. The fraction of sp³-hybridized carbons (Fsp3) is 0.250. The van der Waals surface area contributed by atoms with E-state index in [1.807, 2.05) is 42.5 Å². The van der Waals surface area contributed by atoms with Crippen LogP contribution < -0.4 is 20.6 Å². The van der Waals surface area contributed by atoms with E-state index in [-0.39, 0.29) is 5.91 Å². The van der Waals surface area contributed by atoms with Crippen LogP contribution in [0, 0.1) is 0 Å². The molecule has 0 bridgehead atoms. The highest BCUT2D eigenvalue weighted by Crippen LogP contribution is 2.34. The van der Waals surface area contributed by atoms with Crippen molar-refractivity contribution in [2.24, 2.45) is 10.1 Å². The summed E-state index contributed by atoms with van der Waals surface area (Å²) >= 11 is 5.08. The molecule has 2 aromatic rings. The Morgan fingerprint density at radius 3 is 2.86 bits per heavy atom. The predicted molar refractivity (Wildman–Crippen MR) is 114 cm³/mol. The minimum absolute atomic E-state index is 0.159. The number of methoxy groups -OCH3 is 1. The zero-order valence-electron chi connectivity index (χ0n) is 15.5. The van der Waals surface area contributed by atoms with Crippen molar-refractivity contribution in [2.75, 3.05) is 12.9 Å². The molecule has 0 saturated heterocycles. The molecule has 0 saturated carbocycles. The largest absolute Gasteiger partial charge is 0.496 e. The van der Waals surface area contributed by atoms with Gasteiger partial charge in [0.2, 0.25) is 0 Å². The molecule has 2 aliphatic rings. The lowest BCUT2D eigenvalue weighted by Crippen LogP contribution is -2.50. The molecule has 0 fully saturated rings. The second-order valence-electron chi connectivity index (χ2n) is 6.31. The maximum Gasteiger partial charge on any atom is 0.276 e. The van der Waals surface area contributed by atoms with Gasteiger partial charge in [-0.05, 0) is 46.1 Å². The normalized spacial score (nSPS) is 17.9. The summed E-state index contributed by atoms with van der Waals surface area (Å²) in [5.74, 6) is 1.46. The maximum atomic E-state index is 13.0. The number of hydrogen-bond donors (Lipinski definition) is 1. The third kappa shape index (κ3) is 3.42. The molecule has 6 nitrogen and oxygen atoms in total. The van der Waals surface area contributed by atoms with Crippen molar-refractivity contribution >= 4 is 44.5 Å². The Hall–Kier alpha value is -2.32. The number of ether oxygens (including phenoxy) is 1. The van der Waals surface area contributed by atoms with Crippen LogP contribution in [0.2, 0.25) is 0 Å². The van der Waals surface area contributed by atoms with E-state index in [0.29, 0.717) is 10.9 Å². The van der Waals surface area contributed by atoms with Gasteiger partial charge in [-0.3, -0.25) is 15.1 Å². The SMILES string of the molecule is CCCSC1=NN2C(=c3ccccc3=NC2c2ccc(OC)c(Br)c2)C(=O)N1. The molecule has 2 aliphatic heterocycles. The molecule has 0 spiro atoms. The van der Waals surface area contributed by atoms with Crippen molar-refractivity contribution in [1.82, 2.24) is 10.3 Å². The third-order valence-corrected chi connectivity index (χ3v) is 6.12. The number of para-hydroxylation sites is 1. The number of amidine groups is 1. The number of nitrogens with one attached hydrogen (secondary N) is 1. The third-order valence-electron chi connectivity index (χ3n) is 4.43. The summed E-state index contributed by atoms with van der Waals surface area (Å²) in [6.07, 6.45) is 0.563. The van der Waals surface area contributed by atoms with Gasteiger partial charge >= 0.3 is 0 Å². The van der Waals surface area contributed by atoms with E-state index in [1.54, 1.807) is 12.1 Å². The van der Waals surface area contributed by atoms with E-state index < -0.39 is 6.17 Å². The lowest BCUT2D eigenvalue weighted by atomic mass is 10.1. The molecule has 2 aromatic carbocycles. The Labute approximate surface area is 175 Å². The van der Waals surface area contributed by atoms with Crippen LogP contribution in [0.25, 0.3) is 5.70 Å². The van der Waals surface area contributed by atoms with Crippen LogP contribution in [-0.2, 0) is 4.79 Å². The van der Waals surface area contributed by atoms with Crippen LogP contribution in [0.5, 0.6) is 5.75 Å². The summed E-state index contributed by atoms with van der Waals surface area (Å²) in [7, 11) is 1.63. The molecular formula is C20H19BrN4O2S. The van der Waals surface area contributed by atoms with Gasteiger partial charge in [0, 0.05) is 11.0 Å². The number of halogens is 1. The minimum atomic E-state index is -0.435. The first-order valence-electron chi connectivity index (χ1n) is 8.95. The van der Waals surface area contributed by atoms with Crippen LogP contribution in [0.15, 0.2) is 57.0 Å². The topological polar surface area (TPSA) is 66.3 Å². The number of rotatable bonds is 4. The zero-order valence-corrected chi connectivity index (χ0v) is 17.9. The van der Waals surface area contributed by atoms with Crippen molar-refractivity contribution in [2.45, 2.75) is 19.5 Å². The van der Waals surface area contributed by atoms with Crippen LogP contribution in [0.1, 0.15) is 25.1 Å². The molecule has 0 aliphatic carbocycles. The fourth-order valence-electron chi connectivity index (χ4n) is 3.15. The number of fused-ring (bicyclic) bond motifs is 2. The summed E-state index contributed by atoms with van der Waals surface area (Å²) < 4.78 is 6.17. The molecule has 1 atom stereocenters. The summed E-state index contributed by atoms with van der Waals surface area (Å²) in [4.78, 5) is 17.8. The molecule has 2 heterocycles. The number of hydrazone groups is 1. The van der Waals surface area contributed by atoms with Crippen molar-refractivity contribution in [3.05, 3.63) is 63.1 Å². The summed E-state index contributed by atoms with van der Waals surface area (Å²) in [5.41, 5.74) is 1.43. The van der Waals surface area contributed by atoms with E-state index in [2.05, 4.69) is 28.2 Å². The number of nitrogens with zero attached hydrogens (tertiary/aromatic N) is 3. The van der Waals surface area contributed by atoms with Gasteiger partial charge < -0.3 is 4.74 Å². The van der Waals surface area contributed by atoms with E-state index in [1.165, 1.54) is 11.8 Å². The highest BCUT2D eigenvalue weighted by atomic mass is 79.9. The molecule has 0 aromatic heterocycles. The Morgan fingerprint density at radius 1 is 1.29 bits per heavy atom. The number of carbonyl (C=O) groups is 1. The van der Waals surface area contributed by atoms with Crippen molar-refractivity contribution < 1.29 is 9.53 Å². The Bertz CT molecular complexity index is 1090. The number of benzene rings is 2. The molecule has 8 heteroatoms. The van der Waals surface area contributed by atoms with Gasteiger partial charge in [-0.2, -0.15) is 0 Å². The molecule has 1 amide bonds. The molecule has 144 valence electrons. The van der Waals surface area contributed by atoms with Gasteiger partial charge in [0.15, 0.2) is 11.3 Å². The number of thioether (sulfide) groups is 1. The molecule has 4 rings (SSSR count). The van der Waals surface area contributed by atoms with E-state index in [0.717, 1.165) is 38.5 Å². The average Bonchev–Trinajstić information content (AvgIpc) is 2.71. The van der Waals surface area contributed by atoms with Crippen molar-refractivity contribution in [3.8, 4) is 5.75 Å². The van der Waals surface area contributed by atoms with Crippen molar-refractivity contribution in [3.63, 3.8) is 0 Å². The molecule has 0 radical (unpaired) electrons. The molecule has 28 heavy (non-hydrogen) atoms. The Morgan fingerprint density at radius 2 is 2.11 bits per heavy atom. The first-order valence-corrected chi connectivity index (χ1v) is 10.7. The fourth-order valence-corrected chi connectivity index (χ4v) is 4.42. The van der Waals surface area contributed by atoms with Crippen LogP contribution in [0.3, 0.4) is 0 Å². The van der Waals surface area contributed by atoms with Crippen molar-refractivity contribution in [1.29, 1.82) is 0 Å². The van der Waals surface area contributed by atoms with Crippen LogP contribution >= 0.6 is 27.7 Å². The maximum absolute atomic E-state index is 13.0. The standard InChI is InChI=1S/C20H19BrN4O2S/c1-3-10-28-20-23-19(26)17-13-6-4-5-7-15(13)22-18(25(17)24-20)12-8-9-16(27-2)14(21)11-12/h4-9,11,18H,3,10H2,1-2H3,(H,23,24,26). The average molecular weight is 459 g/mol. The highest BCUT2D eigenvalue weighted by molar-refractivity contribution is 9.10. The summed E-state index contributed by atoms with van der Waals surface area (Å²) in [6.45, 7) is 2.10. The zero-order chi connectivity index (χ0) is 19.7. The second kappa shape index (κ2) is 7.97. The minimum Gasteiger partial charge on any atom is -0.496 e. The number of hydrogen-bond acceptors (Lipinski definition) is 6. The van der Waals surface area contributed by atoms with Gasteiger partial charge in [0.1, 0.15) is 11.4 Å². The van der Waals surface area contributed by atoms with Crippen LogP contribution in [0.4, 0.5) is 0 Å². The highest BCUT2D eigenvalue weighted by Gasteiger charge is 2.34. The van der Waals surface area contributed by atoms with Gasteiger partial charge in [-0.1, -0.05) is 43.0 Å². The molecular weight excluding hydrogens is 440 g/mol. The monoisotopic (exact) mass is 458 g/mol. The number of carbonyl (C=O) groups excluding carboxylic acids is 1. The first-order chi connectivity index (χ1) is 13.6. The predicted octanol–water partition coefficient (Wildman–Crippen LogP) is 2.74. The first kappa shape index (κ1) is 19.0.